The predicted molar refractivity (Wildman–Crippen MR) is 90.6 cm³/mol. The number of rotatable bonds is 4. The molecule has 3 heterocycles. The molecule has 26 heavy (non-hydrogen) atoms. The van der Waals surface area contributed by atoms with E-state index >= 15 is 0 Å². The number of fused-ring (bicyclic) bond motifs is 1. The molecule has 136 valence electrons. The fourth-order valence-electron chi connectivity index (χ4n) is 3.53. The van der Waals surface area contributed by atoms with Gasteiger partial charge >= 0.3 is 0 Å². The highest BCUT2D eigenvalue weighted by atomic mass is 16.7. The first-order chi connectivity index (χ1) is 12.5. The number of nitrogens with zero attached hydrogens (tertiary/aromatic N) is 2. The monoisotopic (exact) mass is 357 g/mol. The second kappa shape index (κ2) is 6.44. The van der Waals surface area contributed by atoms with Crippen LogP contribution in [0.5, 0.6) is 5.75 Å². The lowest BCUT2D eigenvalue weighted by Crippen LogP contribution is -2.52. The number of piperidine rings is 1. The van der Waals surface area contributed by atoms with E-state index in [2.05, 4.69) is 10.5 Å². The van der Waals surface area contributed by atoms with Crippen molar-refractivity contribution in [2.45, 2.75) is 44.9 Å². The van der Waals surface area contributed by atoms with Gasteiger partial charge in [0.25, 0.3) is 5.91 Å². The molecule has 1 saturated heterocycles. The van der Waals surface area contributed by atoms with Gasteiger partial charge in [0.15, 0.2) is 6.10 Å². The Balaban J connectivity index is 1.49. The van der Waals surface area contributed by atoms with Crippen LogP contribution in [0.4, 0.5) is 0 Å². The summed E-state index contributed by atoms with van der Waals surface area (Å²) >= 11 is 0. The molecule has 3 aliphatic heterocycles. The molecule has 0 spiro atoms. The van der Waals surface area contributed by atoms with Gasteiger partial charge in [0, 0.05) is 24.0 Å². The molecule has 8 nitrogen and oxygen atoms in total. The maximum Gasteiger partial charge on any atom is 0.255 e. The molecule has 1 fully saturated rings. The number of oxime groups is 1. The van der Waals surface area contributed by atoms with Crippen LogP contribution < -0.4 is 10.1 Å². The Labute approximate surface area is 150 Å². The van der Waals surface area contributed by atoms with Crippen LogP contribution in [0, 0.1) is 0 Å². The lowest BCUT2D eigenvalue weighted by atomic mass is 10.0. The smallest absolute Gasteiger partial charge is 0.255 e. The van der Waals surface area contributed by atoms with Crippen molar-refractivity contribution in [2.24, 2.45) is 5.16 Å². The van der Waals surface area contributed by atoms with Crippen LogP contribution >= 0.6 is 0 Å². The molecule has 0 bridgehead atoms. The number of carbonyl (C=O) groups excluding carboxylic acids is 3. The van der Waals surface area contributed by atoms with Crippen molar-refractivity contribution in [1.29, 1.82) is 0 Å². The molecule has 0 radical (unpaired) electrons. The summed E-state index contributed by atoms with van der Waals surface area (Å²) in [6.07, 6.45) is 1.16. The van der Waals surface area contributed by atoms with Gasteiger partial charge in [-0.25, -0.2) is 0 Å². The van der Waals surface area contributed by atoms with Crippen LogP contribution in [0.25, 0.3) is 0 Å². The molecule has 1 aromatic carbocycles. The van der Waals surface area contributed by atoms with Gasteiger partial charge in [0.05, 0.1) is 12.3 Å². The summed E-state index contributed by atoms with van der Waals surface area (Å²) in [4.78, 5) is 43.0. The zero-order chi connectivity index (χ0) is 18.3. The molecule has 4 rings (SSSR count). The number of imide groups is 1. The second-order valence-electron chi connectivity index (χ2n) is 6.75. The standard InChI is InChI=1S/C18H19N3O5/c1-10-7-11(26-20-10)9-25-15-4-2-3-12-13(15)8-21(18(12)24)14-5-6-16(22)19-17(14)23/h2-4,11,14H,5-9H2,1H3,(H,19,22,23). The van der Waals surface area contributed by atoms with Gasteiger partial charge in [-0.2, -0.15) is 0 Å². The van der Waals surface area contributed by atoms with Crippen molar-refractivity contribution in [3.05, 3.63) is 29.3 Å². The third-order valence-corrected chi connectivity index (χ3v) is 4.84. The van der Waals surface area contributed by atoms with E-state index in [1.807, 2.05) is 13.0 Å². The summed E-state index contributed by atoms with van der Waals surface area (Å²) in [6, 6.07) is 4.67. The Bertz CT molecular complexity index is 819. The Morgan fingerprint density at radius 2 is 2.19 bits per heavy atom. The molecule has 2 unspecified atom stereocenters. The quantitative estimate of drug-likeness (QED) is 0.811. The average Bonchev–Trinajstić information content (AvgIpc) is 3.17. The molecule has 2 atom stereocenters. The molecule has 3 amide bonds. The maximum absolute atomic E-state index is 12.7. The van der Waals surface area contributed by atoms with Crippen LogP contribution in [-0.4, -0.2) is 47.1 Å². The van der Waals surface area contributed by atoms with Gasteiger partial charge in [-0.1, -0.05) is 11.2 Å². The molecule has 1 N–H and O–H groups in total. The van der Waals surface area contributed by atoms with Crippen LogP contribution in [0.1, 0.15) is 42.1 Å². The number of carbonyl (C=O) groups is 3. The zero-order valence-corrected chi connectivity index (χ0v) is 14.4. The molecule has 0 aromatic heterocycles. The van der Waals surface area contributed by atoms with Crippen molar-refractivity contribution in [1.82, 2.24) is 10.2 Å². The van der Waals surface area contributed by atoms with E-state index in [1.165, 1.54) is 4.90 Å². The fourth-order valence-corrected chi connectivity index (χ4v) is 3.53. The largest absolute Gasteiger partial charge is 0.489 e. The SMILES string of the molecule is CC1=NOC(COc2cccc3c2CN(C2CCC(=O)NC2=O)C3=O)C1. The molecule has 1 aromatic rings. The van der Waals surface area contributed by atoms with E-state index in [0.29, 0.717) is 24.3 Å². The highest BCUT2D eigenvalue weighted by Crippen LogP contribution is 2.33. The van der Waals surface area contributed by atoms with Crippen LogP contribution in [0.2, 0.25) is 0 Å². The number of amides is 3. The highest BCUT2D eigenvalue weighted by Gasteiger charge is 2.40. The van der Waals surface area contributed by atoms with Gasteiger partial charge in [-0.05, 0) is 25.5 Å². The van der Waals surface area contributed by atoms with E-state index in [0.717, 1.165) is 17.7 Å². The van der Waals surface area contributed by atoms with Gasteiger partial charge in [-0.15, -0.1) is 0 Å². The van der Waals surface area contributed by atoms with Gasteiger partial charge in [0.2, 0.25) is 11.8 Å². The van der Waals surface area contributed by atoms with E-state index in [1.54, 1.807) is 12.1 Å². The first-order valence-electron chi connectivity index (χ1n) is 8.61. The van der Waals surface area contributed by atoms with E-state index in [9.17, 15) is 14.4 Å². The minimum atomic E-state index is -0.630. The van der Waals surface area contributed by atoms with Gasteiger partial charge < -0.3 is 14.5 Å². The van der Waals surface area contributed by atoms with Crippen LogP contribution in [0.3, 0.4) is 0 Å². The second-order valence-corrected chi connectivity index (χ2v) is 6.75. The summed E-state index contributed by atoms with van der Waals surface area (Å²) in [5.41, 5.74) is 2.22. The third kappa shape index (κ3) is 2.91. The van der Waals surface area contributed by atoms with Crippen molar-refractivity contribution in [3.8, 4) is 5.75 Å². The summed E-state index contributed by atoms with van der Waals surface area (Å²) < 4.78 is 5.88. The van der Waals surface area contributed by atoms with E-state index in [4.69, 9.17) is 9.57 Å². The minimum Gasteiger partial charge on any atom is -0.489 e. The third-order valence-electron chi connectivity index (χ3n) is 4.84. The molecular weight excluding hydrogens is 338 g/mol. The van der Waals surface area contributed by atoms with Crippen LogP contribution in [-0.2, 0) is 21.0 Å². The Morgan fingerprint density at radius 1 is 1.35 bits per heavy atom. The highest BCUT2D eigenvalue weighted by molar-refractivity contribution is 6.05. The molecule has 0 aliphatic carbocycles. The number of ether oxygens (including phenoxy) is 1. The molecular formula is C18H19N3O5. The number of benzene rings is 1. The fraction of sp³-hybridized carbons (Fsp3) is 0.444. The number of hydrogen-bond donors (Lipinski definition) is 1. The Morgan fingerprint density at radius 3 is 2.92 bits per heavy atom. The molecule has 0 saturated carbocycles. The number of hydrogen-bond acceptors (Lipinski definition) is 6. The summed E-state index contributed by atoms with van der Waals surface area (Å²) in [5.74, 6) is -0.319. The maximum atomic E-state index is 12.7. The summed E-state index contributed by atoms with van der Waals surface area (Å²) in [5, 5.41) is 6.21. The van der Waals surface area contributed by atoms with Crippen LogP contribution in [0.15, 0.2) is 23.4 Å². The van der Waals surface area contributed by atoms with Crippen molar-refractivity contribution >= 4 is 23.4 Å². The van der Waals surface area contributed by atoms with Crippen molar-refractivity contribution in [3.63, 3.8) is 0 Å². The van der Waals surface area contributed by atoms with E-state index in [-0.39, 0.29) is 30.9 Å². The summed E-state index contributed by atoms with van der Waals surface area (Å²) in [6.45, 7) is 2.53. The first-order valence-corrected chi connectivity index (χ1v) is 8.61. The first kappa shape index (κ1) is 16.6. The van der Waals surface area contributed by atoms with Crippen molar-refractivity contribution < 1.29 is 24.0 Å². The van der Waals surface area contributed by atoms with Gasteiger partial charge in [-0.3, -0.25) is 19.7 Å². The summed E-state index contributed by atoms with van der Waals surface area (Å²) in [7, 11) is 0. The van der Waals surface area contributed by atoms with Gasteiger partial charge in [0.1, 0.15) is 18.4 Å². The lowest BCUT2D eigenvalue weighted by Gasteiger charge is -2.29. The van der Waals surface area contributed by atoms with E-state index < -0.39 is 11.9 Å². The topological polar surface area (TPSA) is 97.3 Å². The average molecular weight is 357 g/mol. The normalized spacial score (nSPS) is 24.9. The molecule has 8 heteroatoms. The van der Waals surface area contributed by atoms with Crippen molar-refractivity contribution in [2.75, 3.05) is 6.61 Å². The number of nitrogens with one attached hydrogen (secondary N) is 1. The zero-order valence-electron chi connectivity index (χ0n) is 14.4. The Hall–Kier alpha value is -2.90. The minimum absolute atomic E-state index is 0.130. The lowest BCUT2D eigenvalue weighted by molar-refractivity contribution is -0.136. The predicted octanol–water partition coefficient (Wildman–Crippen LogP) is 0.991. The molecule has 3 aliphatic rings. The Kier molecular flexibility index (Phi) is 4.10.